The van der Waals surface area contributed by atoms with Gasteiger partial charge >= 0.3 is 0 Å². The minimum Gasteiger partial charge on any atom is -0.506 e. The lowest BCUT2D eigenvalue weighted by molar-refractivity contribution is 0.109. The van der Waals surface area contributed by atoms with Gasteiger partial charge in [-0.2, -0.15) is 0 Å². The van der Waals surface area contributed by atoms with E-state index in [0.29, 0.717) is 0 Å². The van der Waals surface area contributed by atoms with Gasteiger partial charge in [-0.1, -0.05) is 0 Å². The Morgan fingerprint density at radius 2 is 2.50 bits per heavy atom. The van der Waals surface area contributed by atoms with Crippen molar-refractivity contribution in [1.29, 1.82) is 0 Å². The monoisotopic (exact) mass is 218 g/mol. The highest BCUT2D eigenvalue weighted by Gasteiger charge is 2.18. The summed E-state index contributed by atoms with van der Waals surface area (Å²) < 4.78 is 7.52. The van der Waals surface area contributed by atoms with Gasteiger partial charge in [-0.3, -0.25) is 0 Å². The largest absolute Gasteiger partial charge is 0.506 e. The molecule has 0 amide bonds. The van der Waals surface area contributed by atoms with Crippen molar-refractivity contribution in [3.63, 3.8) is 0 Å². The van der Waals surface area contributed by atoms with Gasteiger partial charge in [0.05, 0.1) is 12.3 Å². The first-order chi connectivity index (χ1) is 7.84. The molecule has 1 fully saturated rings. The number of ether oxygens (including phenoxy) is 1. The molecule has 4 heteroatoms. The number of nitrogens with zero attached hydrogens (tertiary/aromatic N) is 2. The van der Waals surface area contributed by atoms with Crippen LogP contribution in [0, 0.1) is 0 Å². The molecule has 1 unspecified atom stereocenters. The second-order valence-electron chi connectivity index (χ2n) is 4.16. The molecule has 0 spiro atoms. The van der Waals surface area contributed by atoms with Crippen molar-refractivity contribution in [3.05, 3.63) is 30.4 Å². The highest BCUT2D eigenvalue weighted by atomic mass is 16.5. The Kier molecular flexibility index (Phi) is 2.29. The molecule has 1 N–H and O–H groups in total. The lowest BCUT2D eigenvalue weighted by atomic mass is 10.2. The van der Waals surface area contributed by atoms with Gasteiger partial charge in [0, 0.05) is 19.2 Å². The predicted molar refractivity (Wildman–Crippen MR) is 59.5 cm³/mol. The number of aromatic hydroxyl groups is 1. The Bertz CT molecular complexity index is 501. The molecule has 0 bridgehead atoms. The fourth-order valence-electron chi connectivity index (χ4n) is 2.22. The van der Waals surface area contributed by atoms with E-state index in [2.05, 4.69) is 4.98 Å². The summed E-state index contributed by atoms with van der Waals surface area (Å²) in [6.07, 6.45) is 6.98. The molecule has 1 atom stereocenters. The van der Waals surface area contributed by atoms with Gasteiger partial charge in [0.1, 0.15) is 17.1 Å². The van der Waals surface area contributed by atoms with Gasteiger partial charge in [-0.15, -0.1) is 0 Å². The third kappa shape index (κ3) is 1.55. The number of hydrogen-bond donors (Lipinski definition) is 1. The first kappa shape index (κ1) is 9.66. The van der Waals surface area contributed by atoms with Crippen LogP contribution in [-0.4, -0.2) is 27.2 Å². The van der Waals surface area contributed by atoms with E-state index in [1.54, 1.807) is 12.3 Å². The van der Waals surface area contributed by atoms with Crippen molar-refractivity contribution >= 4 is 5.52 Å². The summed E-state index contributed by atoms with van der Waals surface area (Å²) in [5, 5.41) is 9.65. The zero-order chi connectivity index (χ0) is 11.0. The highest BCUT2D eigenvalue weighted by molar-refractivity contribution is 5.58. The molecule has 3 rings (SSSR count). The second-order valence-corrected chi connectivity index (χ2v) is 4.16. The fraction of sp³-hybridized carbons (Fsp3) is 0.417. The molecule has 1 aliphatic rings. The van der Waals surface area contributed by atoms with Crippen LogP contribution in [0.3, 0.4) is 0 Å². The Labute approximate surface area is 93.5 Å². The Morgan fingerprint density at radius 1 is 1.56 bits per heavy atom. The van der Waals surface area contributed by atoms with E-state index >= 15 is 0 Å². The van der Waals surface area contributed by atoms with Crippen LogP contribution in [0.1, 0.15) is 18.7 Å². The van der Waals surface area contributed by atoms with Crippen molar-refractivity contribution in [2.24, 2.45) is 0 Å². The van der Waals surface area contributed by atoms with Crippen LogP contribution in [0.25, 0.3) is 5.52 Å². The van der Waals surface area contributed by atoms with Gasteiger partial charge in [-0.25, -0.2) is 4.98 Å². The summed E-state index contributed by atoms with van der Waals surface area (Å²) in [6.45, 7) is 0.860. The number of fused-ring (bicyclic) bond motifs is 1. The van der Waals surface area contributed by atoms with Crippen molar-refractivity contribution in [1.82, 2.24) is 9.38 Å². The number of hydrogen-bond acceptors (Lipinski definition) is 3. The minimum atomic E-state index is 0.272. The first-order valence-corrected chi connectivity index (χ1v) is 5.60. The SMILES string of the molecule is Oc1cccn2c(CC3CCCO3)ncc12. The average molecular weight is 218 g/mol. The number of imidazole rings is 1. The number of aromatic nitrogens is 2. The minimum absolute atomic E-state index is 0.272. The Hall–Kier alpha value is -1.55. The standard InChI is InChI=1S/C12H14N2O2/c15-11-4-1-5-14-10(11)8-13-12(14)7-9-3-2-6-16-9/h1,4-5,8-9,15H,2-3,6-7H2. The molecule has 4 nitrogen and oxygen atoms in total. The first-order valence-electron chi connectivity index (χ1n) is 5.60. The molecule has 2 aromatic rings. The maximum absolute atomic E-state index is 9.65. The molecule has 2 aromatic heterocycles. The van der Waals surface area contributed by atoms with Crippen LogP contribution in [0.5, 0.6) is 5.75 Å². The molecule has 0 aromatic carbocycles. The topological polar surface area (TPSA) is 46.8 Å². The third-order valence-corrected chi connectivity index (χ3v) is 3.06. The van der Waals surface area contributed by atoms with Crippen molar-refractivity contribution in [2.45, 2.75) is 25.4 Å². The zero-order valence-electron chi connectivity index (χ0n) is 8.97. The van der Waals surface area contributed by atoms with Crippen molar-refractivity contribution in [2.75, 3.05) is 6.61 Å². The maximum Gasteiger partial charge on any atom is 0.141 e. The molecular weight excluding hydrogens is 204 g/mol. The molecule has 16 heavy (non-hydrogen) atoms. The van der Waals surface area contributed by atoms with Crippen LogP contribution in [-0.2, 0) is 11.2 Å². The molecule has 3 heterocycles. The van der Waals surface area contributed by atoms with Gasteiger partial charge in [0.2, 0.25) is 0 Å². The lowest BCUT2D eigenvalue weighted by Gasteiger charge is -2.08. The second kappa shape index (κ2) is 3.79. The van der Waals surface area contributed by atoms with E-state index in [-0.39, 0.29) is 11.9 Å². The van der Waals surface area contributed by atoms with E-state index < -0.39 is 0 Å². The summed E-state index contributed by atoms with van der Waals surface area (Å²) in [6, 6.07) is 3.50. The smallest absolute Gasteiger partial charge is 0.141 e. The van der Waals surface area contributed by atoms with E-state index in [0.717, 1.165) is 37.2 Å². The predicted octanol–water partition coefficient (Wildman–Crippen LogP) is 1.76. The summed E-state index contributed by atoms with van der Waals surface area (Å²) in [7, 11) is 0. The van der Waals surface area contributed by atoms with Crippen LogP contribution < -0.4 is 0 Å². The van der Waals surface area contributed by atoms with Gasteiger partial charge < -0.3 is 14.2 Å². The highest BCUT2D eigenvalue weighted by Crippen LogP contribution is 2.21. The summed E-state index contributed by atoms with van der Waals surface area (Å²) in [4.78, 5) is 4.34. The molecule has 84 valence electrons. The Morgan fingerprint density at radius 3 is 3.31 bits per heavy atom. The third-order valence-electron chi connectivity index (χ3n) is 3.06. The van der Waals surface area contributed by atoms with Gasteiger partial charge in [0.15, 0.2) is 0 Å². The normalized spacial score (nSPS) is 20.6. The lowest BCUT2D eigenvalue weighted by Crippen LogP contribution is -2.11. The summed E-state index contributed by atoms with van der Waals surface area (Å²) >= 11 is 0. The molecule has 1 saturated heterocycles. The van der Waals surface area contributed by atoms with Crippen LogP contribution >= 0.6 is 0 Å². The van der Waals surface area contributed by atoms with Crippen LogP contribution in [0.15, 0.2) is 24.5 Å². The van der Waals surface area contributed by atoms with Crippen LogP contribution in [0.2, 0.25) is 0 Å². The average Bonchev–Trinajstić information content (AvgIpc) is 2.90. The Balaban J connectivity index is 1.94. The quantitative estimate of drug-likeness (QED) is 0.835. The summed E-state index contributed by atoms with van der Waals surface area (Å²) in [5.41, 5.74) is 0.760. The number of rotatable bonds is 2. The molecular formula is C12H14N2O2. The molecule has 0 saturated carbocycles. The molecule has 1 aliphatic heterocycles. The zero-order valence-corrected chi connectivity index (χ0v) is 8.97. The molecule has 0 aliphatic carbocycles. The van der Waals surface area contributed by atoms with E-state index in [9.17, 15) is 5.11 Å². The van der Waals surface area contributed by atoms with Crippen molar-refractivity contribution in [3.8, 4) is 5.75 Å². The van der Waals surface area contributed by atoms with Gasteiger partial charge in [0.25, 0.3) is 0 Å². The van der Waals surface area contributed by atoms with Crippen LogP contribution in [0.4, 0.5) is 0 Å². The molecule has 0 radical (unpaired) electrons. The summed E-state index contributed by atoms with van der Waals surface area (Å²) in [5.74, 6) is 1.23. The van der Waals surface area contributed by atoms with Crippen molar-refractivity contribution < 1.29 is 9.84 Å². The van der Waals surface area contributed by atoms with E-state index in [4.69, 9.17) is 4.74 Å². The van der Waals surface area contributed by atoms with E-state index in [1.807, 2.05) is 16.7 Å². The van der Waals surface area contributed by atoms with E-state index in [1.165, 1.54) is 0 Å². The fourth-order valence-corrected chi connectivity index (χ4v) is 2.22. The van der Waals surface area contributed by atoms with Gasteiger partial charge in [-0.05, 0) is 25.0 Å². The number of pyridine rings is 1. The maximum atomic E-state index is 9.65.